The largest absolute Gasteiger partial charge is 0.340 e. The minimum atomic E-state index is -0.0919. The van der Waals surface area contributed by atoms with Crippen molar-refractivity contribution in [2.45, 2.75) is 33.2 Å². The predicted octanol–water partition coefficient (Wildman–Crippen LogP) is 4.43. The van der Waals surface area contributed by atoms with Crippen LogP contribution in [0.15, 0.2) is 54.6 Å². The molecule has 1 atom stereocenters. The van der Waals surface area contributed by atoms with E-state index in [1.807, 2.05) is 54.3 Å². The molecule has 0 saturated carbocycles. The van der Waals surface area contributed by atoms with E-state index in [2.05, 4.69) is 28.3 Å². The van der Waals surface area contributed by atoms with Gasteiger partial charge in [0.2, 0.25) is 0 Å². The summed E-state index contributed by atoms with van der Waals surface area (Å²) in [6.45, 7) is 5.91. The van der Waals surface area contributed by atoms with Gasteiger partial charge in [0, 0.05) is 23.5 Å². The number of para-hydroxylation sites is 2. The molecule has 27 heavy (non-hydrogen) atoms. The molecule has 3 aromatic rings. The third kappa shape index (κ3) is 3.28. The highest BCUT2D eigenvalue weighted by Gasteiger charge is 2.32. The molecule has 0 bridgehead atoms. The Labute approximate surface area is 159 Å². The Kier molecular flexibility index (Phi) is 4.36. The maximum atomic E-state index is 13.3. The van der Waals surface area contributed by atoms with Gasteiger partial charge >= 0.3 is 0 Å². The van der Waals surface area contributed by atoms with Crippen molar-refractivity contribution in [1.29, 1.82) is 0 Å². The molecular formula is C22H22N4O. The van der Waals surface area contributed by atoms with Crippen molar-refractivity contribution in [2.24, 2.45) is 0 Å². The van der Waals surface area contributed by atoms with Crippen molar-refractivity contribution in [3.63, 3.8) is 0 Å². The highest BCUT2D eigenvalue weighted by Crippen LogP contribution is 2.33. The zero-order valence-electron chi connectivity index (χ0n) is 15.7. The summed E-state index contributed by atoms with van der Waals surface area (Å²) in [7, 11) is 0. The average Bonchev–Trinajstić information content (AvgIpc) is 2.98. The number of aromatic nitrogens is 2. The van der Waals surface area contributed by atoms with Crippen LogP contribution in [0.5, 0.6) is 0 Å². The molecule has 0 saturated heterocycles. The number of benzene rings is 2. The molecule has 0 radical (unpaired) electrons. The van der Waals surface area contributed by atoms with Gasteiger partial charge in [0.25, 0.3) is 5.91 Å². The second-order valence-corrected chi connectivity index (χ2v) is 6.98. The molecule has 1 amide bonds. The second-order valence-electron chi connectivity index (χ2n) is 6.98. The number of hydrogen-bond acceptors (Lipinski definition) is 4. The van der Waals surface area contributed by atoms with Crippen LogP contribution in [-0.4, -0.2) is 21.9 Å². The van der Waals surface area contributed by atoms with Crippen molar-refractivity contribution >= 4 is 23.1 Å². The molecule has 1 aromatic heterocycles. The van der Waals surface area contributed by atoms with Crippen LogP contribution < -0.4 is 10.2 Å². The van der Waals surface area contributed by atoms with E-state index in [0.717, 1.165) is 23.4 Å². The van der Waals surface area contributed by atoms with Gasteiger partial charge in [-0.3, -0.25) is 4.79 Å². The number of nitrogens with one attached hydrogen (secondary N) is 1. The van der Waals surface area contributed by atoms with Crippen LogP contribution in [-0.2, 0) is 6.42 Å². The zero-order chi connectivity index (χ0) is 19.0. The lowest BCUT2D eigenvalue weighted by molar-refractivity contribution is 0.0976. The first-order valence-corrected chi connectivity index (χ1v) is 9.13. The number of carbonyl (C=O) groups excluding carboxylic acids is 1. The lowest BCUT2D eigenvalue weighted by Gasteiger charge is -2.22. The summed E-state index contributed by atoms with van der Waals surface area (Å²) >= 11 is 0. The Balaban J connectivity index is 1.67. The second kappa shape index (κ2) is 6.83. The average molecular weight is 358 g/mol. The Bertz CT molecular complexity index is 1010. The molecule has 1 aliphatic rings. The normalized spacial score (nSPS) is 15.5. The summed E-state index contributed by atoms with van der Waals surface area (Å²) in [4.78, 5) is 24.0. The molecule has 0 spiro atoms. The highest BCUT2D eigenvalue weighted by atomic mass is 16.2. The maximum absolute atomic E-state index is 13.3. The van der Waals surface area contributed by atoms with Crippen molar-refractivity contribution in [3.8, 4) is 0 Å². The summed E-state index contributed by atoms with van der Waals surface area (Å²) in [5.74, 6) is 1.10. The first kappa shape index (κ1) is 17.2. The molecule has 1 N–H and O–H groups in total. The number of fused-ring (bicyclic) bond motifs is 1. The van der Waals surface area contributed by atoms with E-state index in [1.54, 1.807) is 13.0 Å². The van der Waals surface area contributed by atoms with E-state index in [0.29, 0.717) is 17.3 Å². The van der Waals surface area contributed by atoms with Crippen molar-refractivity contribution in [1.82, 2.24) is 9.97 Å². The van der Waals surface area contributed by atoms with Crippen LogP contribution in [0.3, 0.4) is 0 Å². The topological polar surface area (TPSA) is 58.1 Å². The predicted molar refractivity (Wildman–Crippen MR) is 108 cm³/mol. The van der Waals surface area contributed by atoms with Gasteiger partial charge in [0.15, 0.2) is 0 Å². The van der Waals surface area contributed by atoms with E-state index >= 15 is 0 Å². The van der Waals surface area contributed by atoms with E-state index in [9.17, 15) is 4.79 Å². The lowest BCUT2D eigenvalue weighted by atomic mass is 10.1. The quantitative estimate of drug-likeness (QED) is 0.752. The number of nitrogens with zero attached hydrogens (tertiary/aromatic N) is 3. The molecule has 0 fully saturated rings. The zero-order valence-corrected chi connectivity index (χ0v) is 15.7. The number of aryl methyl sites for hydroxylation is 2. The van der Waals surface area contributed by atoms with Gasteiger partial charge in [0.05, 0.1) is 0 Å². The molecule has 2 aromatic carbocycles. The first-order chi connectivity index (χ1) is 13.0. The summed E-state index contributed by atoms with van der Waals surface area (Å²) in [5, 5.41) is 3.31. The van der Waals surface area contributed by atoms with E-state index < -0.39 is 0 Å². The molecule has 4 rings (SSSR count). The molecule has 5 nitrogen and oxygen atoms in total. The van der Waals surface area contributed by atoms with Gasteiger partial charge in [-0.25, -0.2) is 9.97 Å². The summed E-state index contributed by atoms with van der Waals surface area (Å²) in [6, 6.07) is 17.9. The third-order valence-corrected chi connectivity index (χ3v) is 4.89. The van der Waals surface area contributed by atoms with Crippen LogP contribution in [0.2, 0.25) is 0 Å². The minimum absolute atomic E-state index is 0.0919. The summed E-state index contributed by atoms with van der Waals surface area (Å²) in [6.07, 6.45) is 0.861. The monoisotopic (exact) mass is 358 g/mol. The molecule has 136 valence electrons. The fourth-order valence-corrected chi connectivity index (χ4v) is 3.59. The van der Waals surface area contributed by atoms with Gasteiger partial charge in [-0.05, 0) is 50.5 Å². The molecule has 2 heterocycles. The van der Waals surface area contributed by atoms with E-state index in [1.165, 1.54) is 5.56 Å². The van der Waals surface area contributed by atoms with Gasteiger partial charge < -0.3 is 10.2 Å². The van der Waals surface area contributed by atoms with Gasteiger partial charge in [-0.1, -0.05) is 36.4 Å². The number of anilines is 3. The minimum Gasteiger partial charge on any atom is -0.340 e. The molecule has 5 heteroatoms. The van der Waals surface area contributed by atoms with Gasteiger partial charge in [-0.2, -0.15) is 0 Å². The molecular weight excluding hydrogens is 336 g/mol. The van der Waals surface area contributed by atoms with Crippen LogP contribution in [0.4, 0.5) is 17.2 Å². The standard InChI is InChI=1S/C22H22N4O/c1-14-8-4-6-10-18(14)25-21-13-19(23-16(3)24-21)22(27)26-15(2)12-17-9-5-7-11-20(17)26/h4-11,13,15H,12H2,1-3H3,(H,23,24,25). The Morgan fingerprint density at radius 2 is 1.81 bits per heavy atom. The number of carbonyl (C=O) groups is 1. The van der Waals surface area contributed by atoms with Crippen LogP contribution in [0.25, 0.3) is 0 Å². The Morgan fingerprint density at radius 3 is 2.63 bits per heavy atom. The maximum Gasteiger partial charge on any atom is 0.277 e. The number of hydrogen-bond donors (Lipinski definition) is 1. The van der Waals surface area contributed by atoms with Crippen LogP contribution in [0, 0.1) is 13.8 Å². The smallest absolute Gasteiger partial charge is 0.277 e. The Morgan fingerprint density at radius 1 is 1.07 bits per heavy atom. The summed E-state index contributed by atoms with van der Waals surface area (Å²) in [5.41, 5.74) is 4.65. The Hall–Kier alpha value is -3.21. The number of amides is 1. The SMILES string of the molecule is Cc1nc(Nc2ccccc2C)cc(C(=O)N2c3ccccc3CC2C)n1. The van der Waals surface area contributed by atoms with Gasteiger partial charge in [-0.15, -0.1) is 0 Å². The van der Waals surface area contributed by atoms with Crippen molar-refractivity contribution in [3.05, 3.63) is 77.2 Å². The molecule has 1 unspecified atom stereocenters. The van der Waals surface area contributed by atoms with Crippen LogP contribution >= 0.6 is 0 Å². The first-order valence-electron chi connectivity index (χ1n) is 9.13. The van der Waals surface area contributed by atoms with Gasteiger partial charge in [0.1, 0.15) is 17.3 Å². The number of rotatable bonds is 3. The fraction of sp³-hybridized carbons (Fsp3) is 0.227. The van der Waals surface area contributed by atoms with Crippen molar-refractivity contribution < 1.29 is 4.79 Å². The lowest BCUT2D eigenvalue weighted by Crippen LogP contribution is -2.36. The van der Waals surface area contributed by atoms with E-state index in [-0.39, 0.29) is 11.9 Å². The van der Waals surface area contributed by atoms with Crippen LogP contribution in [0.1, 0.15) is 34.4 Å². The molecule has 1 aliphatic heterocycles. The summed E-state index contributed by atoms with van der Waals surface area (Å²) < 4.78 is 0. The van der Waals surface area contributed by atoms with Crippen molar-refractivity contribution in [2.75, 3.05) is 10.2 Å². The third-order valence-electron chi connectivity index (χ3n) is 4.89. The molecule has 0 aliphatic carbocycles. The highest BCUT2D eigenvalue weighted by molar-refractivity contribution is 6.07. The van der Waals surface area contributed by atoms with E-state index in [4.69, 9.17) is 0 Å². The fourth-order valence-electron chi connectivity index (χ4n) is 3.59.